The summed E-state index contributed by atoms with van der Waals surface area (Å²) in [6.45, 7) is 4.40. The third-order valence-corrected chi connectivity index (χ3v) is 4.02. The van der Waals surface area contributed by atoms with Gasteiger partial charge in [0.1, 0.15) is 0 Å². The quantitative estimate of drug-likeness (QED) is 0.874. The highest BCUT2D eigenvalue weighted by Crippen LogP contribution is 2.20. The van der Waals surface area contributed by atoms with Gasteiger partial charge in [-0.15, -0.1) is 0 Å². The monoisotopic (exact) mass is 270 g/mol. The molecule has 2 N–H and O–H groups in total. The number of aromatic nitrogens is 2. The number of likely N-dealkylation sites (tertiary alicyclic amines) is 1. The Morgan fingerprint density at radius 1 is 1.35 bits per heavy atom. The SMILES string of the molecule is CN1CCC(CNCc2cn[nH]c2-c2ccccc2)C1. The molecule has 1 atom stereocenters. The molecule has 4 nitrogen and oxygen atoms in total. The van der Waals surface area contributed by atoms with Crippen molar-refractivity contribution in [1.29, 1.82) is 0 Å². The van der Waals surface area contributed by atoms with Crippen molar-refractivity contribution in [2.24, 2.45) is 5.92 Å². The van der Waals surface area contributed by atoms with Crippen LogP contribution in [0.5, 0.6) is 0 Å². The summed E-state index contributed by atoms with van der Waals surface area (Å²) in [5.41, 5.74) is 3.56. The molecule has 0 spiro atoms. The Bertz CT molecular complexity index is 534. The van der Waals surface area contributed by atoms with Gasteiger partial charge < -0.3 is 10.2 Å². The Morgan fingerprint density at radius 2 is 2.20 bits per heavy atom. The summed E-state index contributed by atoms with van der Waals surface area (Å²) in [7, 11) is 2.20. The van der Waals surface area contributed by atoms with Gasteiger partial charge in [0.2, 0.25) is 0 Å². The molecule has 1 saturated heterocycles. The summed E-state index contributed by atoms with van der Waals surface area (Å²) < 4.78 is 0. The lowest BCUT2D eigenvalue weighted by atomic mass is 10.1. The number of H-pyrrole nitrogens is 1. The van der Waals surface area contributed by atoms with Crippen molar-refractivity contribution in [1.82, 2.24) is 20.4 Å². The standard InChI is InChI=1S/C16H22N4/c1-20-8-7-13(12-20)9-17-10-15-11-18-19-16(15)14-5-3-2-4-6-14/h2-6,11,13,17H,7-10,12H2,1H3,(H,18,19). The summed E-state index contributed by atoms with van der Waals surface area (Å²) >= 11 is 0. The first kappa shape index (κ1) is 13.3. The number of nitrogens with one attached hydrogen (secondary N) is 2. The number of rotatable bonds is 5. The first-order valence-corrected chi connectivity index (χ1v) is 7.30. The van der Waals surface area contributed by atoms with Gasteiger partial charge in [-0.1, -0.05) is 30.3 Å². The van der Waals surface area contributed by atoms with E-state index in [4.69, 9.17) is 0 Å². The average Bonchev–Trinajstić information content (AvgIpc) is 3.09. The summed E-state index contributed by atoms with van der Waals surface area (Å²) in [6, 6.07) is 10.4. The molecule has 0 radical (unpaired) electrons. The maximum absolute atomic E-state index is 4.19. The zero-order valence-corrected chi connectivity index (χ0v) is 12.0. The first-order chi connectivity index (χ1) is 9.83. The fourth-order valence-electron chi connectivity index (χ4n) is 2.90. The van der Waals surface area contributed by atoms with Crippen molar-refractivity contribution in [2.75, 3.05) is 26.7 Å². The van der Waals surface area contributed by atoms with Crippen LogP contribution < -0.4 is 5.32 Å². The van der Waals surface area contributed by atoms with E-state index in [-0.39, 0.29) is 0 Å². The number of benzene rings is 1. The fraction of sp³-hybridized carbons (Fsp3) is 0.438. The van der Waals surface area contributed by atoms with Crippen LogP contribution in [0.2, 0.25) is 0 Å². The third kappa shape index (κ3) is 3.08. The molecule has 1 aliphatic rings. The molecule has 1 aliphatic heterocycles. The van der Waals surface area contributed by atoms with Crippen molar-refractivity contribution < 1.29 is 0 Å². The normalized spacial score (nSPS) is 19.6. The molecular formula is C16H22N4. The highest BCUT2D eigenvalue weighted by molar-refractivity contribution is 5.62. The van der Waals surface area contributed by atoms with Crippen LogP contribution in [0.1, 0.15) is 12.0 Å². The maximum atomic E-state index is 4.19. The molecule has 1 fully saturated rings. The zero-order chi connectivity index (χ0) is 13.8. The van der Waals surface area contributed by atoms with Gasteiger partial charge in [-0.05, 0) is 38.0 Å². The lowest BCUT2D eigenvalue weighted by Gasteiger charge is -2.11. The highest BCUT2D eigenvalue weighted by atomic mass is 15.1. The van der Waals surface area contributed by atoms with Gasteiger partial charge in [0.15, 0.2) is 0 Å². The van der Waals surface area contributed by atoms with E-state index >= 15 is 0 Å². The lowest BCUT2D eigenvalue weighted by molar-refractivity contribution is 0.388. The van der Waals surface area contributed by atoms with E-state index in [1.54, 1.807) is 0 Å². The molecule has 0 bridgehead atoms. The van der Waals surface area contributed by atoms with E-state index in [0.717, 1.165) is 24.7 Å². The van der Waals surface area contributed by atoms with Crippen LogP contribution in [0.4, 0.5) is 0 Å². The minimum absolute atomic E-state index is 0.784. The second-order valence-electron chi connectivity index (χ2n) is 5.68. The van der Waals surface area contributed by atoms with Crippen LogP contribution in [0.15, 0.2) is 36.5 Å². The molecule has 0 aliphatic carbocycles. The van der Waals surface area contributed by atoms with Gasteiger partial charge in [0.25, 0.3) is 0 Å². The van der Waals surface area contributed by atoms with Gasteiger partial charge in [-0.2, -0.15) is 5.10 Å². The third-order valence-electron chi connectivity index (χ3n) is 4.02. The minimum Gasteiger partial charge on any atom is -0.312 e. The van der Waals surface area contributed by atoms with E-state index in [1.165, 1.54) is 30.6 Å². The predicted molar refractivity (Wildman–Crippen MR) is 81.3 cm³/mol. The van der Waals surface area contributed by atoms with Crippen LogP contribution in [0.3, 0.4) is 0 Å². The van der Waals surface area contributed by atoms with Gasteiger partial charge in [0, 0.05) is 18.7 Å². The van der Waals surface area contributed by atoms with Crippen molar-refractivity contribution in [3.63, 3.8) is 0 Å². The Labute approximate surface area is 120 Å². The van der Waals surface area contributed by atoms with Crippen LogP contribution >= 0.6 is 0 Å². The van der Waals surface area contributed by atoms with Gasteiger partial charge in [-0.3, -0.25) is 5.10 Å². The molecule has 20 heavy (non-hydrogen) atoms. The molecule has 106 valence electrons. The molecular weight excluding hydrogens is 248 g/mol. The van der Waals surface area contributed by atoms with Crippen LogP contribution in [0.25, 0.3) is 11.3 Å². The molecule has 1 aromatic heterocycles. The van der Waals surface area contributed by atoms with E-state index in [1.807, 2.05) is 12.3 Å². The van der Waals surface area contributed by atoms with Crippen LogP contribution in [-0.4, -0.2) is 41.8 Å². The second kappa shape index (κ2) is 6.20. The smallest absolute Gasteiger partial charge is 0.0695 e. The molecule has 2 heterocycles. The Hall–Kier alpha value is -1.65. The molecule has 0 saturated carbocycles. The highest BCUT2D eigenvalue weighted by Gasteiger charge is 2.18. The van der Waals surface area contributed by atoms with Gasteiger partial charge in [-0.25, -0.2) is 0 Å². The number of hydrogen-bond donors (Lipinski definition) is 2. The second-order valence-corrected chi connectivity index (χ2v) is 5.68. The Balaban J connectivity index is 1.57. The van der Waals surface area contributed by atoms with Gasteiger partial charge in [0.05, 0.1) is 11.9 Å². The van der Waals surface area contributed by atoms with Gasteiger partial charge >= 0.3 is 0 Å². The minimum atomic E-state index is 0.784. The molecule has 1 unspecified atom stereocenters. The molecule has 4 heteroatoms. The zero-order valence-electron chi connectivity index (χ0n) is 12.0. The van der Waals surface area contributed by atoms with E-state index in [2.05, 4.69) is 51.7 Å². The number of nitrogens with zero attached hydrogens (tertiary/aromatic N) is 2. The Morgan fingerprint density at radius 3 is 2.95 bits per heavy atom. The van der Waals surface area contributed by atoms with Crippen molar-refractivity contribution in [3.8, 4) is 11.3 Å². The molecule has 2 aromatic rings. The Kier molecular flexibility index (Phi) is 4.14. The maximum Gasteiger partial charge on any atom is 0.0695 e. The summed E-state index contributed by atoms with van der Waals surface area (Å²) in [6.07, 6.45) is 3.23. The summed E-state index contributed by atoms with van der Waals surface area (Å²) in [5.74, 6) is 0.784. The van der Waals surface area contributed by atoms with Crippen molar-refractivity contribution >= 4 is 0 Å². The number of aromatic amines is 1. The van der Waals surface area contributed by atoms with E-state index in [0.29, 0.717) is 0 Å². The predicted octanol–water partition coefficient (Wildman–Crippen LogP) is 2.12. The molecule has 3 rings (SSSR count). The van der Waals surface area contributed by atoms with Crippen LogP contribution in [0, 0.1) is 5.92 Å². The largest absolute Gasteiger partial charge is 0.312 e. The summed E-state index contributed by atoms with van der Waals surface area (Å²) in [4.78, 5) is 2.40. The topological polar surface area (TPSA) is 44.0 Å². The summed E-state index contributed by atoms with van der Waals surface area (Å²) in [5, 5.41) is 10.9. The fourth-order valence-corrected chi connectivity index (χ4v) is 2.90. The van der Waals surface area contributed by atoms with Crippen molar-refractivity contribution in [2.45, 2.75) is 13.0 Å². The van der Waals surface area contributed by atoms with Crippen LogP contribution in [-0.2, 0) is 6.54 Å². The van der Waals surface area contributed by atoms with E-state index in [9.17, 15) is 0 Å². The molecule has 0 amide bonds. The number of hydrogen-bond acceptors (Lipinski definition) is 3. The first-order valence-electron chi connectivity index (χ1n) is 7.30. The lowest BCUT2D eigenvalue weighted by Crippen LogP contribution is -2.24. The van der Waals surface area contributed by atoms with Crippen molar-refractivity contribution in [3.05, 3.63) is 42.1 Å². The molecule has 1 aromatic carbocycles. The average molecular weight is 270 g/mol. The van der Waals surface area contributed by atoms with E-state index < -0.39 is 0 Å².